The molecule has 1 aromatic heterocycles. The number of Topliss-reactive ketones (excluding diaryl/α,β-unsaturated/α-hetero) is 1. The molecule has 2 N–H and O–H groups in total. The van der Waals surface area contributed by atoms with E-state index in [-0.39, 0.29) is 28.3 Å². The number of fused-ring (bicyclic) bond motifs is 1. The summed E-state index contributed by atoms with van der Waals surface area (Å²) in [5.74, 6) is -1.62. The molecule has 9 heteroatoms. The molecule has 0 amide bonds. The summed E-state index contributed by atoms with van der Waals surface area (Å²) in [4.78, 5) is 39.2. The second kappa shape index (κ2) is 17.0. The zero-order valence-corrected chi connectivity index (χ0v) is 28.6. The molecule has 0 radical (unpaired) electrons. The van der Waals surface area contributed by atoms with Crippen LogP contribution in [-0.4, -0.2) is 40.5 Å². The standard InChI is InChI=1S/C39H42O8S/c1-5-13-29-32(20-19-28(25(3)40)36(29)42)46-21-11-9-7-6-8-10-16-31(35(41)26-15-12-14-24(2)22-26)34-37(43)30-18-17-27(48)23-33(30)47-38(34)39(44)45-4/h6,8,10,12,14-16,18-20,22-23,31,35,41-42H,5,7,9,11,13,17,21H2,1-4H3/b8-6-,16-10+/t31-,35-/m0/s1. The predicted molar refractivity (Wildman–Crippen MR) is 190 cm³/mol. The van der Waals surface area contributed by atoms with Gasteiger partial charge in [0.25, 0.3) is 0 Å². The van der Waals surface area contributed by atoms with Gasteiger partial charge in [0.15, 0.2) is 11.2 Å². The molecule has 4 rings (SSSR count). The minimum atomic E-state index is -1.16. The van der Waals surface area contributed by atoms with Gasteiger partial charge < -0.3 is 24.1 Å². The Kier molecular flexibility index (Phi) is 12.8. The highest BCUT2D eigenvalue weighted by Crippen LogP contribution is 2.34. The van der Waals surface area contributed by atoms with Crippen LogP contribution in [0.25, 0.3) is 12.2 Å². The number of benzene rings is 2. The van der Waals surface area contributed by atoms with Crippen molar-refractivity contribution in [2.45, 2.75) is 71.3 Å². The number of aliphatic hydroxyl groups excluding tert-OH is 1. The zero-order chi connectivity index (χ0) is 34.8. The van der Waals surface area contributed by atoms with Crippen molar-refractivity contribution in [2.75, 3.05) is 13.7 Å². The number of aromatic hydroxyl groups is 1. The Labute approximate surface area is 285 Å². The molecule has 1 heterocycles. The summed E-state index contributed by atoms with van der Waals surface area (Å²) in [6, 6.07) is 10.7. The fourth-order valence-electron chi connectivity index (χ4n) is 5.69. The molecule has 0 saturated heterocycles. The normalized spacial score (nSPS) is 13.9. The maximum Gasteiger partial charge on any atom is 0.374 e. The van der Waals surface area contributed by atoms with Gasteiger partial charge in [-0.05, 0) is 63.3 Å². The van der Waals surface area contributed by atoms with Crippen LogP contribution in [0.3, 0.4) is 0 Å². The lowest BCUT2D eigenvalue weighted by Gasteiger charge is -2.22. The van der Waals surface area contributed by atoms with Gasteiger partial charge in [0.2, 0.25) is 5.76 Å². The van der Waals surface area contributed by atoms with E-state index in [2.05, 4.69) is 0 Å². The maximum absolute atomic E-state index is 13.9. The molecule has 3 aromatic rings. The van der Waals surface area contributed by atoms with Crippen molar-refractivity contribution in [3.05, 3.63) is 115 Å². The number of esters is 1. The number of thiocarbonyl (C=S) groups is 1. The smallest absolute Gasteiger partial charge is 0.374 e. The third-order valence-electron chi connectivity index (χ3n) is 8.15. The highest BCUT2D eigenvalue weighted by Gasteiger charge is 2.31. The number of carbonyl (C=O) groups is 2. The number of ether oxygens (including phenoxy) is 2. The summed E-state index contributed by atoms with van der Waals surface area (Å²) in [6.07, 6.45) is 13.5. The van der Waals surface area contributed by atoms with Gasteiger partial charge >= 0.3 is 5.97 Å². The van der Waals surface area contributed by atoms with Crippen LogP contribution >= 0.6 is 12.2 Å². The third kappa shape index (κ3) is 8.65. The molecule has 48 heavy (non-hydrogen) atoms. The van der Waals surface area contributed by atoms with Crippen molar-refractivity contribution in [2.24, 2.45) is 0 Å². The Morgan fingerprint density at radius 3 is 2.65 bits per heavy atom. The van der Waals surface area contributed by atoms with Crippen LogP contribution in [0.5, 0.6) is 11.5 Å². The summed E-state index contributed by atoms with van der Waals surface area (Å²) >= 11 is 5.28. The van der Waals surface area contributed by atoms with E-state index in [1.165, 1.54) is 14.0 Å². The number of aryl methyl sites for hydroxylation is 1. The molecule has 1 aliphatic rings. The second-order valence-corrected chi connectivity index (χ2v) is 12.3. The Hall–Kier alpha value is -4.60. The summed E-state index contributed by atoms with van der Waals surface area (Å²) in [5, 5.41) is 22.5. The first-order valence-electron chi connectivity index (χ1n) is 16.1. The first-order chi connectivity index (χ1) is 23.1. The average molecular weight is 671 g/mol. The van der Waals surface area contributed by atoms with E-state index in [9.17, 15) is 24.6 Å². The topological polar surface area (TPSA) is 123 Å². The molecular formula is C39H42O8S. The Balaban J connectivity index is 1.51. The minimum absolute atomic E-state index is 0.00479. The summed E-state index contributed by atoms with van der Waals surface area (Å²) < 4.78 is 16.9. The van der Waals surface area contributed by atoms with E-state index in [0.717, 1.165) is 31.2 Å². The predicted octanol–water partition coefficient (Wildman–Crippen LogP) is 6.11. The molecule has 2 aromatic carbocycles. The van der Waals surface area contributed by atoms with Crippen LogP contribution in [0.4, 0.5) is 0 Å². The first kappa shape index (κ1) is 36.2. The highest BCUT2D eigenvalue weighted by molar-refractivity contribution is 7.81. The number of ketones is 1. The van der Waals surface area contributed by atoms with Gasteiger partial charge in [0, 0.05) is 22.8 Å². The third-order valence-corrected chi connectivity index (χ3v) is 8.43. The lowest BCUT2D eigenvalue weighted by atomic mass is 9.86. The van der Waals surface area contributed by atoms with Crippen LogP contribution in [0.1, 0.15) is 101 Å². The molecule has 0 spiro atoms. The number of rotatable bonds is 15. The molecule has 2 atom stereocenters. The zero-order valence-electron chi connectivity index (χ0n) is 27.8. The molecule has 0 saturated carbocycles. The van der Waals surface area contributed by atoms with Gasteiger partial charge in [0.1, 0.15) is 16.9 Å². The van der Waals surface area contributed by atoms with Gasteiger partial charge in [0.05, 0.1) is 36.2 Å². The number of hydrogen-bond donors (Lipinski definition) is 2. The van der Waals surface area contributed by atoms with E-state index >= 15 is 0 Å². The molecule has 1 aliphatic carbocycles. The van der Waals surface area contributed by atoms with E-state index in [1.807, 2.05) is 44.2 Å². The summed E-state index contributed by atoms with van der Waals surface area (Å²) in [7, 11) is 1.21. The average Bonchev–Trinajstić information content (AvgIpc) is 3.06. The molecule has 0 fully saturated rings. The Bertz CT molecular complexity index is 1920. The number of methoxy groups -OCH3 is 1. The number of phenols is 1. The van der Waals surface area contributed by atoms with Gasteiger partial charge in [-0.2, -0.15) is 0 Å². The minimum Gasteiger partial charge on any atom is -0.507 e. The number of carbonyl (C=O) groups excluding carboxylic acids is 2. The van der Waals surface area contributed by atoms with Crippen molar-refractivity contribution < 1.29 is 33.7 Å². The maximum atomic E-state index is 13.9. The summed E-state index contributed by atoms with van der Waals surface area (Å²) in [6.45, 7) is 5.80. The van der Waals surface area contributed by atoms with E-state index in [4.69, 9.17) is 26.1 Å². The monoisotopic (exact) mass is 670 g/mol. The lowest BCUT2D eigenvalue weighted by molar-refractivity contribution is 0.0553. The lowest BCUT2D eigenvalue weighted by Crippen LogP contribution is -2.45. The van der Waals surface area contributed by atoms with Crippen molar-refractivity contribution in [3.63, 3.8) is 0 Å². The van der Waals surface area contributed by atoms with Crippen molar-refractivity contribution in [1.29, 1.82) is 0 Å². The van der Waals surface area contributed by atoms with Gasteiger partial charge in [-0.25, -0.2) is 4.79 Å². The van der Waals surface area contributed by atoms with Gasteiger partial charge in [-0.3, -0.25) is 9.59 Å². The Morgan fingerprint density at radius 2 is 1.94 bits per heavy atom. The first-order valence-corrected chi connectivity index (χ1v) is 16.5. The fourth-order valence-corrected chi connectivity index (χ4v) is 5.88. The number of hydrogen-bond acceptors (Lipinski definition) is 9. The van der Waals surface area contributed by atoms with E-state index < -0.39 is 23.4 Å². The van der Waals surface area contributed by atoms with Crippen LogP contribution in [0.15, 0.2) is 69.9 Å². The number of unbranched alkanes of at least 4 members (excludes halogenated alkanes) is 2. The Morgan fingerprint density at radius 1 is 1.15 bits per heavy atom. The van der Waals surface area contributed by atoms with Crippen molar-refractivity contribution in [3.8, 4) is 11.5 Å². The molecular weight excluding hydrogens is 628 g/mol. The molecule has 0 unspecified atom stereocenters. The van der Waals surface area contributed by atoms with E-state index in [1.54, 1.807) is 42.5 Å². The summed E-state index contributed by atoms with van der Waals surface area (Å²) in [5.41, 5.74) is 2.26. The van der Waals surface area contributed by atoms with Crippen LogP contribution in [0, 0.1) is 6.92 Å². The van der Waals surface area contributed by atoms with Gasteiger partial charge in [-0.1, -0.05) is 85.8 Å². The number of phenolic OH excluding ortho intramolecular Hbond substituents is 1. The second-order valence-electron chi connectivity index (χ2n) is 11.7. The SMILES string of the molecule is CCCc1c(OCCCC/C=C\C=C\[C@@H](c2c(C(=O)OC)oc3c(c2=O)=CCC(=S)C=3)[C@@H](O)c2cccc(C)c2)ccc(C(C)=O)c1O. The highest BCUT2D eigenvalue weighted by atomic mass is 32.1. The number of aliphatic hydroxyl groups is 1. The van der Waals surface area contributed by atoms with Crippen LogP contribution in [-0.2, 0) is 11.2 Å². The van der Waals surface area contributed by atoms with Crippen LogP contribution in [0.2, 0.25) is 0 Å². The van der Waals surface area contributed by atoms with Crippen molar-refractivity contribution >= 4 is 41.0 Å². The number of allylic oxidation sites excluding steroid dienone is 3. The van der Waals surface area contributed by atoms with Crippen molar-refractivity contribution in [1.82, 2.24) is 0 Å². The molecule has 0 bridgehead atoms. The van der Waals surface area contributed by atoms with Gasteiger partial charge in [-0.15, -0.1) is 0 Å². The van der Waals surface area contributed by atoms with Crippen LogP contribution < -0.4 is 20.8 Å². The molecule has 8 nitrogen and oxygen atoms in total. The molecule has 252 valence electrons. The molecule has 0 aliphatic heterocycles. The van der Waals surface area contributed by atoms with E-state index in [0.29, 0.717) is 52.0 Å². The fraction of sp³-hybridized carbons (Fsp3) is 0.333. The quantitative estimate of drug-likeness (QED) is 0.0648. The largest absolute Gasteiger partial charge is 0.507 e.